The van der Waals surface area contributed by atoms with E-state index in [-0.39, 0.29) is 5.91 Å². The summed E-state index contributed by atoms with van der Waals surface area (Å²) in [6.07, 6.45) is 2.27. The zero-order valence-corrected chi connectivity index (χ0v) is 14.4. The van der Waals surface area contributed by atoms with Gasteiger partial charge in [0.1, 0.15) is 17.8 Å². The fourth-order valence-electron chi connectivity index (χ4n) is 2.89. The lowest BCUT2D eigenvalue weighted by Gasteiger charge is -2.33. The minimum Gasteiger partial charge on any atom is -0.353 e. The van der Waals surface area contributed by atoms with E-state index in [4.69, 9.17) is 0 Å². The number of carbonyl (C=O) groups is 2. The van der Waals surface area contributed by atoms with Gasteiger partial charge in [0.15, 0.2) is 0 Å². The van der Waals surface area contributed by atoms with Gasteiger partial charge in [-0.2, -0.15) is 0 Å². The Hall–Kier alpha value is -2.96. The maximum Gasteiger partial charge on any atom is 0.274 e. The Labute approximate surface area is 146 Å². The number of piperazine rings is 1. The second-order valence-electron chi connectivity index (χ2n) is 6.11. The van der Waals surface area contributed by atoms with E-state index in [2.05, 4.69) is 20.2 Å². The van der Waals surface area contributed by atoms with E-state index in [0.29, 0.717) is 37.7 Å². The van der Waals surface area contributed by atoms with Crippen LogP contribution in [0.5, 0.6) is 0 Å². The Kier molecular flexibility index (Phi) is 4.92. The molecule has 130 valence electrons. The normalized spacial score (nSPS) is 14.3. The van der Waals surface area contributed by atoms with E-state index in [0.717, 1.165) is 23.2 Å². The van der Waals surface area contributed by atoms with Gasteiger partial charge in [0, 0.05) is 37.9 Å². The number of benzene rings is 1. The number of hydrogen-bond acceptors (Lipinski definition) is 5. The highest BCUT2D eigenvalue weighted by Crippen LogP contribution is 2.21. The first kappa shape index (κ1) is 16.9. The van der Waals surface area contributed by atoms with Crippen molar-refractivity contribution in [3.05, 3.63) is 47.4 Å². The zero-order valence-electron chi connectivity index (χ0n) is 14.4. The van der Waals surface area contributed by atoms with Gasteiger partial charge in [0.2, 0.25) is 6.41 Å². The van der Waals surface area contributed by atoms with Crippen molar-refractivity contribution in [1.82, 2.24) is 14.9 Å². The first-order valence-corrected chi connectivity index (χ1v) is 8.22. The minimum absolute atomic E-state index is 0.257. The van der Waals surface area contributed by atoms with Crippen molar-refractivity contribution in [2.75, 3.05) is 36.4 Å². The van der Waals surface area contributed by atoms with Crippen molar-refractivity contribution in [2.45, 2.75) is 13.8 Å². The third-order valence-corrected chi connectivity index (χ3v) is 4.39. The Morgan fingerprint density at radius 3 is 2.44 bits per heavy atom. The van der Waals surface area contributed by atoms with Crippen LogP contribution in [0.1, 0.15) is 21.6 Å². The van der Waals surface area contributed by atoms with Crippen LogP contribution >= 0.6 is 0 Å². The molecule has 1 aliphatic rings. The van der Waals surface area contributed by atoms with Crippen molar-refractivity contribution < 1.29 is 9.59 Å². The molecule has 0 spiro atoms. The molecule has 0 aliphatic carbocycles. The SMILES string of the molecule is Cc1cccc(C)c1NC(=O)c1cc(N2CCN(C=O)CC2)ncn1. The van der Waals surface area contributed by atoms with Crippen LogP contribution in [0.3, 0.4) is 0 Å². The summed E-state index contributed by atoms with van der Waals surface area (Å²) in [4.78, 5) is 35.5. The predicted octanol–water partition coefficient (Wildman–Crippen LogP) is 1.62. The molecule has 2 aromatic rings. The van der Waals surface area contributed by atoms with Crippen LogP contribution in [0.25, 0.3) is 0 Å². The van der Waals surface area contributed by atoms with Gasteiger partial charge in [-0.25, -0.2) is 9.97 Å². The van der Waals surface area contributed by atoms with Gasteiger partial charge >= 0.3 is 0 Å². The molecule has 0 radical (unpaired) electrons. The molecule has 1 aliphatic heterocycles. The summed E-state index contributed by atoms with van der Waals surface area (Å²) >= 11 is 0. The molecular formula is C18H21N5O2. The van der Waals surface area contributed by atoms with Crippen molar-refractivity contribution in [2.24, 2.45) is 0 Å². The number of aromatic nitrogens is 2. The number of nitrogens with one attached hydrogen (secondary N) is 1. The van der Waals surface area contributed by atoms with Gasteiger partial charge in [0.25, 0.3) is 5.91 Å². The summed E-state index contributed by atoms with van der Waals surface area (Å²) in [6, 6.07) is 7.57. The van der Waals surface area contributed by atoms with Gasteiger partial charge in [-0.3, -0.25) is 9.59 Å². The van der Waals surface area contributed by atoms with E-state index in [1.54, 1.807) is 11.0 Å². The lowest BCUT2D eigenvalue weighted by molar-refractivity contribution is -0.118. The number of nitrogens with zero attached hydrogens (tertiary/aromatic N) is 4. The fraction of sp³-hybridized carbons (Fsp3) is 0.333. The summed E-state index contributed by atoms with van der Waals surface area (Å²) in [5, 5.41) is 2.94. The largest absolute Gasteiger partial charge is 0.353 e. The average molecular weight is 339 g/mol. The third-order valence-electron chi connectivity index (χ3n) is 4.39. The minimum atomic E-state index is -0.257. The zero-order chi connectivity index (χ0) is 17.8. The Morgan fingerprint density at radius 1 is 1.12 bits per heavy atom. The van der Waals surface area contributed by atoms with Crippen LogP contribution in [0, 0.1) is 13.8 Å². The molecule has 2 heterocycles. The molecule has 1 aromatic heterocycles. The van der Waals surface area contributed by atoms with Crippen LogP contribution in [0.2, 0.25) is 0 Å². The van der Waals surface area contributed by atoms with Crippen LogP contribution < -0.4 is 10.2 Å². The molecule has 1 saturated heterocycles. The summed E-state index contributed by atoms with van der Waals surface area (Å²) < 4.78 is 0. The van der Waals surface area contributed by atoms with Gasteiger partial charge < -0.3 is 15.1 Å². The number of amides is 2. The van der Waals surface area contributed by atoms with Gasteiger partial charge in [-0.1, -0.05) is 18.2 Å². The summed E-state index contributed by atoms with van der Waals surface area (Å²) in [7, 11) is 0. The van der Waals surface area contributed by atoms with E-state index in [1.165, 1.54) is 6.33 Å². The van der Waals surface area contributed by atoms with Crippen LogP contribution in [0.15, 0.2) is 30.6 Å². The molecule has 1 aromatic carbocycles. The Balaban J connectivity index is 1.75. The van der Waals surface area contributed by atoms with Gasteiger partial charge in [-0.15, -0.1) is 0 Å². The van der Waals surface area contributed by atoms with Crippen molar-refractivity contribution in [3.8, 4) is 0 Å². The number of anilines is 2. The number of aryl methyl sites for hydroxylation is 2. The number of hydrogen-bond donors (Lipinski definition) is 1. The maximum absolute atomic E-state index is 12.6. The smallest absolute Gasteiger partial charge is 0.274 e. The Morgan fingerprint density at radius 2 is 1.80 bits per heavy atom. The molecule has 0 atom stereocenters. The molecule has 25 heavy (non-hydrogen) atoms. The van der Waals surface area contributed by atoms with E-state index < -0.39 is 0 Å². The molecule has 2 amide bonds. The number of para-hydroxylation sites is 1. The van der Waals surface area contributed by atoms with Crippen LogP contribution in [-0.4, -0.2) is 53.4 Å². The molecular weight excluding hydrogens is 318 g/mol. The van der Waals surface area contributed by atoms with E-state index in [9.17, 15) is 9.59 Å². The molecule has 1 fully saturated rings. The quantitative estimate of drug-likeness (QED) is 0.857. The standard InChI is InChI=1S/C18H21N5O2/c1-13-4-3-5-14(2)17(13)21-18(25)15-10-16(20-11-19-15)23-8-6-22(12-24)7-9-23/h3-5,10-12H,6-9H2,1-2H3,(H,21,25). The van der Waals surface area contributed by atoms with Crippen molar-refractivity contribution in [3.63, 3.8) is 0 Å². The predicted molar refractivity (Wildman–Crippen MR) is 95.8 cm³/mol. The first-order valence-electron chi connectivity index (χ1n) is 8.22. The Bertz CT molecular complexity index is 765. The number of carbonyl (C=O) groups excluding carboxylic acids is 2. The molecule has 1 N–H and O–H groups in total. The highest BCUT2D eigenvalue weighted by atomic mass is 16.2. The summed E-state index contributed by atoms with van der Waals surface area (Å²) in [6.45, 7) is 6.59. The van der Waals surface area contributed by atoms with E-state index >= 15 is 0 Å². The van der Waals surface area contributed by atoms with Crippen LogP contribution in [0.4, 0.5) is 11.5 Å². The molecule has 0 unspecified atom stereocenters. The van der Waals surface area contributed by atoms with Crippen LogP contribution in [-0.2, 0) is 4.79 Å². The summed E-state index contributed by atoms with van der Waals surface area (Å²) in [5.41, 5.74) is 3.15. The molecule has 3 rings (SSSR count). The van der Waals surface area contributed by atoms with E-state index in [1.807, 2.05) is 32.0 Å². The third kappa shape index (κ3) is 3.76. The molecule has 7 heteroatoms. The number of rotatable bonds is 4. The highest BCUT2D eigenvalue weighted by molar-refractivity contribution is 6.04. The molecule has 0 saturated carbocycles. The summed E-state index contributed by atoms with van der Waals surface area (Å²) in [5.74, 6) is 0.444. The molecule has 0 bridgehead atoms. The highest BCUT2D eigenvalue weighted by Gasteiger charge is 2.19. The van der Waals surface area contributed by atoms with Crippen molar-refractivity contribution >= 4 is 23.8 Å². The van der Waals surface area contributed by atoms with Crippen molar-refractivity contribution in [1.29, 1.82) is 0 Å². The lowest BCUT2D eigenvalue weighted by Crippen LogP contribution is -2.46. The average Bonchev–Trinajstić information content (AvgIpc) is 2.65. The fourth-order valence-corrected chi connectivity index (χ4v) is 2.89. The second-order valence-corrected chi connectivity index (χ2v) is 6.11. The van der Waals surface area contributed by atoms with Gasteiger partial charge in [0.05, 0.1) is 0 Å². The second kappa shape index (κ2) is 7.29. The van der Waals surface area contributed by atoms with Gasteiger partial charge in [-0.05, 0) is 25.0 Å². The monoisotopic (exact) mass is 339 g/mol. The topological polar surface area (TPSA) is 78.4 Å². The lowest BCUT2D eigenvalue weighted by atomic mass is 10.1. The molecule has 7 nitrogen and oxygen atoms in total. The maximum atomic E-state index is 12.6. The first-order chi connectivity index (χ1) is 12.1.